The van der Waals surface area contributed by atoms with Crippen LogP contribution in [0.2, 0.25) is 0 Å². The Hall–Kier alpha value is -1.02. The zero-order valence-electron chi connectivity index (χ0n) is 11.4. The molecule has 0 saturated carbocycles. The molecule has 0 unspecified atom stereocenters. The Morgan fingerprint density at radius 2 is 1.76 bits per heavy atom. The number of aliphatic hydroxyl groups excluding tert-OH is 1. The lowest BCUT2D eigenvalue weighted by atomic mass is 9.99. The molecule has 0 saturated heterocycles. The lowest BCUT2D eigenvalue weighted by Gasteiger charge is -2.14. The summed E-state index contributed by atoms with van der Waals surface area (Å²) in [5, 5.41) is 8.78. The van der Waals surface area contributed by atoms with Gasteiger partial charge in [-0.15, -0.1) is 0 Å². The third-order valence-electron chi connectivity index (χ3n) is 2.87. The monoisotopic (exact) mass is 236 g/mol. The molecule has 1 rings (SSSR count). The van der Waals surface area contributed by atoms with Gasteiger partial charge in [-0.05, 0) is 49.3 Å². The summed E-state index contributed by atoms with van der Waals surface area (Å²) in [6, 6.07) is 4.39. The molecular formula is C15H24O2. The minimum Gasteiger partial charge on any atom is -0.491 e. The Morgan fingerprint density at radius 3 is 2.24 bits per heavy atom. The van der Waals surface area contributed by atoms with Crippen LogP contribution < -0.4 is 4.74 Å². The van der Waals surface area contributed by atoms with Gasteiger partial charge in [-0.1, -0.05) is 26.0 Å². The third-order valence-corrected chi connectivity index (χ3v) is 2.87. The van der Waals surface area contributed by atoms with E-state index in [4.69, 9.17) is 9.84 Å². The highest BCUT2D eigenvalue weighted by atomic mass is 16.5. The normalized spacial score (nSPS) is 10.9. The van der Waals surface area contributed by atoms with E-state index in [2.05, 4.69) is 39.8 Å². The van der Waals surface area contributed by atoms with Crippen LogP contribution in [0.25, 0.3) is 0 Å². The van der Waals surface area contributed by atoms with Crippen molar-refractivity contribution < 1.29 is 9.84 Å². The van der Waals surface area contributed by atoms with Gasteiger partial charge in [0, 0.05) is 0 Å². The zero-order chi connectivity index (χ0) is 12.8. The van der Waals surface area contributed by atoms with E-state index in [-0.39, 0.29) is 6.61 Å². The van der Waals surface area contributed by atoms with Crippen molar-refractivity contribution in [1.82, 2.24) is 0 Å². The van der Waals surface area contributed by atoms with Gasteiger partial charge >= 0.3 is 0 Å². The van der Waals surface area contributed by atoms with Crippen LogP contribution in [-0.4, -0.2) is 18.3 Å². The number of ether oxygens (including phenoxy) is 1. The van der Waals surface area contributed by atoms with Crippen LogP contribution in [0, 0.1) is 19.8 Å². The van der Waals surface area contributed by atoms with Crippen molar-refractivity contribution in [3.8, 4) is 5.75 Å². The van der Waals surface area contributed by atoms with E-state index in [9.17, 15) is 0 Å². The highest BCUT2D eigenvalue weighted by molar-refractivity contribution is 5.43. The second kappa shape index (κ2) is 6.65. The molecule has 0 aliphatic heterocycles. The molecule has 96 valence electrons. The van der Waals surface area contributed by atoms with E-state index in [1.165, 1.54) is 12.0 Å². The first-order valence-electron chi connectivity index (χ1n) is 6.38. The van der Waals surface area contributed by atoms with E-state index in [0.717, 1.165) is 29.2 Å². The molecule has 0 heterocycles. The number of benzene rings is 1. The van der Waals surface area contributed by atoms with Gasteiger partial charge in [-0.25, -0.2) is 0 Å². The molecule has 0 aliphatic carbocycles. The van der Waals surface area contributed by atoms with Crippen molar-refractivity contribution in [2.24, 2.45) is 5.92 Å². The molecule has 0 aliphatic rings. The van der Waals surface area contributed by atoms with Crippen LogP contribution in [0.4, 0.5) is 0 Å². The predicted octanol–water partition coefficient (Wildman–Crippen LogP) is 3.26. The van der Waals surface area contributed by atoms with Crippen molar-refractivity contribution in [3.05, 3.63) is 28.8 Å². The first-order chi connectivity index (χ1) is 8.04. The Kier molecular flexibility index (Phi) is 5.49. The van der Waals surface area contributed by atoms with Gasteiger partial charge < -0.3 is 9.84 Å². The summed E-state index contributed by atoms with van der Waals surface area (Å²) in [6.45, 7) is 9.06. The molecule has 0 fully saturated rings. The lowest BCUT2D eigenvalue weighted by molar-refractivity contribution is 0.200. The van der Waals surface area contributed by atoms with Gasteiger partial charge in [0.15, 0.2) is 0 Å². The Labute approximate surface area is 105 Å². The molecule has 1 N–H and O–H groups in total. The van der Waals surface area contributed by atoms with Crippen LogP contribution in [0.3, 0.4) is 0 Å². The van der Waals surface area contributed by atoms with Crippen molar-refractivity contribution in [3.63, 3.8) is 0 Å². The summed E-state index contributed by atoms with van der Waals surface area (Å²) in [5.41, 5.74) is 3.71. The summed E-state index contributed by atoms with van der Waals surface area (Å²) in [5.74, 6) is 1.66. The van der Waals surface area contributed by atoms with Crippen molar-refractivity contribution >= 4 is 0 Å². The van der Waals surface area contributed by atoms with E-state index >= 15 is 0 Å². The van der Waals surface area contributed by atoms with E-state index in [1.807, 2.05) is 0 Å². The zero-order valence-corrected chi connectivity index (χ0v) is 11.4. The molecule has 0 bridgehead atoms. The molecule has 0 aromatic heterocycles. The highest BCUT2D eigenvalue weighted by Gasteiger charge is 2.07. The topological polar surface area (TPSA) is 29.5 Å². The minimum absolute atomic E-state index is 0.0635. The standard InChI is InChI=1S/C15H24O2/c1-11(2)5-6-14-9-12(3)15(13(4)10-14)17-8-7-16/h9-11,16H,5-8H2,1-4H3. The van der Waals surface area contributed by atoms with Crippen LogP contribution in [-0.2, 0) is 6.42 Å². The van der Waals surface area contributed by atoms with E-state index in [1.54, 1.807) is 0 Å². The molecule has 2 nitrogen and oxygen atoms in total. The quantitative estimate of drug-likeness (QED) is 0.821. The number of hydrogen-bond donors (Lipinski definition) is 1. The van der Waals surface area contributed by atoms with Gasteiger partial charge in [0.1, 0.15) is 12.4 Å². The molecule has 0 atom stereocenters. The third kappa shape index (κ3) is 4.39. The minimum atomic E-state index is 0.0635. The Balaban J connectivity index is 2.78. The molecule has 1 aromatic rings. The smallest absolute Gasteiger partial charge is 0.125 e. The number of aryl methyl sites for hydroxylation is 3. The van der Waals surface area contributed by atoms with Crippen molar-refractivity contribution in [2.75, 3.05) is 13.2 Å². The fourth-order valence-corrected chi connectivity index (χ4v) is 2.02. The van der Waals surface area contributed by atoms with E-state index < -0.39 is 0 Å². The molecule has 0 radical (unpaired) electrons. The summed E-state index contributed by atoms with van der Waals surface area (Å²) >= 11 is 0. The summed E-state index contributed by atoms with van der Waals surface area (Å²) in [4.78, 5) is 0. The number of hydrogen-bond acceptors (Lipinski definition) is 2. The first kappa shape index (κ1) is 14.0. The fourth-order valence-electron chi connectivity index (χ4n) is 2.02. The van der Waals surface area contributed by atoms with Crippen LogP contribution in [0.5, 0.6) is 5.75 Å². The van der Waals surface area contributed by atoms with Gasteiger partial charge in [0.05, 0.1) is 6.61 Å². The second-order valence-electron chi connectivity index (χ2n) is 5.06. The van der Waals surface area contributed by atoms with Gasteiger partial charge in [0.2, 0.25) is 0 Å². The van der Waals surface area contributed by atoms with Gasteiger partial charge in [0.25, 0.3) is 0 Å². The predicted molar refractivity (Wildman–Crippen MR) is 71.7 cm³/mol. The van der Waals surface area contributed by atoms with Crippen molar-refractivity contribution in [1.29, 1.82) is 0 Å². The van der Waals surface area contributed by atoms with E-state index in [0.29, 0.717) is 6.61 Å². The van der Waals surface area contributed by atoms with Gasteiger partial charge in [-0.3, -0.25) is 0 Å². The average molecular weight is 236 g/mol. The largest absolute Gasteiger partial charge is 0.491 e. The lowest BCUT2D eigenvalue weighted by Crippen LogP contribution is -2.05. The van der Waals surface area contributed by atoms with Crippen LogP contribution >= 0.6 is 0 Å². The maximum absolute atomic E-state index is 8.78. The maximum atomic E-state index is 8.78. The summed E-state index contributed by atoms with van der Waals surface area (Å²) < 4.78 is 5.55. The second-order valence-corrected chi connectivity index (χ2v) is 5.06. The summed E-state index contributed by atoms with van der Waals surface area (Å²) in [7, 11) is 0. The average Bonchev–Trinajstić information content (AvgIpc) is 2.25. The molecule has 2 heteroatoms. The first-order valence-corrected chi connectivity index (χ1v) is 6.38. The summed E-state index contributed by atoms with van der Waals surface area (Å²) in [6.07, 6.45) is 2.34. The Morgan fingerprint density at radius 1 is 1.18 bits per heavy atom. The number of aliphatic hydroxyl groups is 1. The van der Waals surface area contributed by atoms with Crippen LogP contribution in [0.15, 0.2) is 12.1 Å². The molecule has 0 amide bonds. The van der Waals surface area contributed by atoms with Crippen molar-refractivity contribution in [2.45, 2.75) is 40.5 Å². The molecule has 0 spiro atoms. The molecular weight excluding hydrogens is 212 g/mol. The van der Waals surface area contributed by atoms with Crippen LogP contribution in [0.1, 0.15) is 37.0 Å². The number of rotatable bonds is 6. The van der Waals surface area contributed by atoms with Gasteiger partial charge in [-0.2, -0.15) is 0 Å². The maximum Gasteiger partial charge on any atom is 0.125 e. The SMILES string of the molecule is Cc1cc(CCC(C)C)cc(C)c1OCCO. The molecule has 17 heavy (non-hydrogen) atoms. The fraction of sp³-hybridized carbons (Fsp3) is 0.600. The Bertz CT molecular complexity index is 333. The molecule has 1 aromatic carbocycles. The highest BCUT2D eigenvalue weighted by Crippen LogP contribution is 2.25.